The van der Waals surface area contributed by atoms with Gasteiger partial charge in [0.05, 0.1) is 0 Å². The first kappa shape index (κ1) is 21.8. The lowest BCUT2D eigenvalue weighted by atomic mass is 9.86. The summed E-state index contributed by atoms with van der Waals surface area (Å²) in [6, 6.07) is 3.93. The first-order valence-corrected chi connectivity index (χ1v) is 11.2. The average molecular weight is 397 g/mol. The van der Waals surface area contributed by atoms with E-state index in [0.29, 0.717) is 18.9 Å². The highest BCUT2D eigenvalue weighted by atomic mass is 32.2. The number of carbonyl (C=O) groups is 1. The second kappa shape index (κ2) is 10.7. The van der Waals surface area contributed by atoms with Crippen molar-refractivity contribution in [1.29, 1.82) is 0 Å². The van der Waals surface area contributed by atoms with Crippen LogP contribution < -0.4 is 10.0 Å². The molecule has 2 rings (SSSR count). The van der Waals surface area contributed by atoms with Crippen molar-refractivity contribution in [2.24, 2.45) is 5.92 Å². The van der Waals surface area contributed by atoms with Crippen LogP contribution in [-0.4, -0.2) is 50.3 Å². The standard InChI is InChI=1S/C19H32N4O3S/c1-23(2)27(25,26)22-18-10-5-8-17(13-18)15-21-19(24)11-4-3-7-16-9-6-12-20-14-16/h6,9,12,14,17-18,22H,3-5,7-8,10-11,13,15H2,1-2H3,(H,21,24)/t17-,18+/m1/s1. The van der Waals surface area contributed by atoms with Crippen LogP contribution in [0.4, 0.5) is 0 Å². The third-order valence-corrected chi connectivity index (χ3v) is 6.60. The lowest BCUT2D eigenvalue weighted by molar-refractivity contribution is -0.121. The molecule has 152 valence electrons. The summed E-state index contributed by atoms with van der Waals surface area (Å²) in [4.78, 5) is 16.1. The van der Waals surface area contributed by atoms with Crippen LogP contribution in [0.1, 0.15) is 50.5 Å². The Hall–Kier alpha value is -1.51. The quantitative estimate of drug-likeness (QED) is 0.591. The fourth-order valence-corrected chi connectivity index (χ4v) is 4.25. The van der Waals surface area contributed by atoms with Gasteiger partial charge in [-0.2, -0.15) is 17.4 Å². The van der Waals surface area contributed by atoms with Crippen LogP contribution in [0.5, 0.6) is 0 Å². The van der Waals surface area contributed by atoms with Crippen molar-refractivity contribution in [2.75, 3.05) is 20.6 Å². The number of amides is 1. The van der Waals surface area contributed by atoms with Gasteiger partial charge >= 0.3 is 0 Å². The molecule has 1 aromatic heterocycles. The van der Waals surface area contributed by atoms with Gasteiger partial charge in [0, 0.05) is 45.5 Å². The summed E-state index contributed by atoms with van der Waals surface area (Å²) in [5.74, 6) is 0.408. The van der Waals surface area contributed by atoms with Gasteiger partial charge in [-0.3, -0.25) is 9.78 Å². The summed E-state index contributed by atoms with van der Waals surface area (Å²) >= 11 is 0. The first-order chi connectivity index (χ1) is 12.9. The third-order valence-electron chi connectivity index (χ3n) is 5.01. The molecule has 0 saturated heterocycles. The minimum Gasteiger partial charge on any atom is -0.356 e. The number of aryl methyl sites for hydroxylation is 1. The number of unbranched alkanes of at least 4 members (excludes halogenated alkanes) is 1. The van der Waals surface area contributed by atoms with Crippen LogP contribution in [0, 0.1) is 5.92 Å². The number of rotatable bonds is 10. The lowest BCUT2D eigenvalue weighted by Gasteiger charge is -2.30. The minimum absolute atomic E-state index is 0.0486. The highest BCUT2D eigenvalue weighted by Crippen LogP contribution is 2.24. The number of pyridine rings is 1. The molecule has 27 heavy (non-hydrogen) atoms. The molecule has 1 saturated carbocycles. The average Bonchev–Trinajstić information content (AvgIpc) is 2.64. The van der Waals surface area contributed by atoms with E-state index in [2.05, 4.69) is 21.1 Å². The van der Waals surface area contributed by atoms with Gasteiger partial charge in [-0.05, 0) is 56.1 Å². The van der Waals surface area contributed by atoms with Crippen molar-refractivity contribution in [3.05, 3.63) is 30.1 Å². The highest BCUT2D eigenvalue weighted by molar-refractivity contribution is 7.87. The molecular weight excluding hydrogens is 364 g/mol. The molecule has 1 amide bonds. The Balaban J connectivity index is 1.63. The van der Waals surface area contributed by atoms with Crippen molar-refractivity contribution in [1.82, 2.24) is 19.3 Å². The van der Waals surface area contributed by atoms with Crippen LogP contribution in [0.25, 0.3) is 0 Å². The molecular formula is C19H32N4O3S. The van der Waals surface area contributed by atoms with E-state index >= 15 is 0 Å². The summed E-state index contributed by atoms with van der Waals surface area (Å²) in [7, 11) is -0.349. The maximum atomic E-state index is 12.1. The van der Waals surface area contributed by atoms with Gasteiger partial charge < -0.3 is 5.32 Å². The zero-order chi connectivity index (χ0) is 19.7. The van der Waals surface area contributed by atoms with E-state index in [1.54, 1.807) is 6.20 Å². The molecule has 1 heterocycles. The Kier molecular flexibility index (Phi) is 8.66. The van der Waals surface area contributed by atoms with Crippen molar-refractivity contribution in [3.63, 3.8) is 0 Å². The van der Waals surface area contributed by atoms with Crippen LogP contribution in [0.15, 0.2) is 24.5 Å². The third kappa shape index (κ3) is 7.94. The van der Waals surface area contributed by atoms with Gasteiger partial charge in [0.2, 0.25) is 5.91 Å². The zero-order valence-electron chi connectivity index (χ0n) is 16.4. The zero-order valence-corrected chi connectivity index (χ0v) is 17.2. The molecule has 0 radical (unpaired) electrons. The number of hydrogen-bond acceptors (Lipinski definition) is 4. The van der Waals surface area contributed by atoms with Crippen LogP contribution in [-0.2, 0) is 21.4 Å². The molecule has 0 unspecified atom stereocenters. The number of hydrogen-bond donors (Lipinski definition) is 2. The number of carbonyl (C=O) groups excluding carboxylic acids is 1. The normalized spacial score (nSPS) is 20.6. The second-order valence-electron chi connectivity index (χ2n) is 7.51. The SMILES string of the molecule is CN(C)S(=O)(=O)N[C@H]1CCC[C@@H](CNC(=O)CCCCc2cccnc2)C1. The molecule has 1 aromatic rings. The fourth-order valence-electron chi connectivity index (χ4n) is 3.41. The highest BCUT2D eigenvalue weighted by Gasteiger charge is 2.26. The predicted octanol–water partition coefficient (Wildman–Crippen LogP) is 1.87. The van der Waals surface area contributed by atoms with E-state index in [0.717, 1.165) is 44.9 Å². The Bertz CT molecular complexity index is 679. The molecule has 1 aliphatic rings. The molecule has 0 bridgehead atoms. The second-order valence-corrected chi connectivity index (χ2v) is 9.42. The van der Waals surface area contributed by atoms with E-state index in [9.17, 15) is 13.2 Å². The van der Waals surface area contributed by atoms with Gasteiger partial charge in [-0.1, -0.05) is 12.5 Å². The first-order valence-electron chi connectivity index (χ1n) is 9.72. The molecule has 2 atom stereocenters. The maximum Gasteiger partial charge on any atom is 0.279 e. The Morgan fingerprint density at radius 1 is 1.30 bits per heavy atom. The Labute approximate surface area is 163 Å². The molecule has 1 fully saturated rings. The van der Waals surface area contributed by atoms with Crippen molar-refractivity contribution >= 4 is 16.1 Å². The summed E-state index contributed by atoms with van der Waals surface area (Å²) < 4.78 is 27.9. The number of aromatic nitrogens is 1. The van der Waals surface area contributed by atoms with Crippen molar-refractivity contribution in [3.8, 4) is 0 Å². The fraction of sp³-hybridized carbons (Fsp3) is 0.684. The van der Waals surface area contributed by atoms with E-state index in [1.165, 1.54) is 24.0 Å². The number of nitrogens with zero attached hydrogens (tertiary/aromatic N) is 2. The topological polar surface area (TPSA) is 91.4 Å². The van der Waals surface area contributed by atoms with E-state index < -0.39 is 10.2 Å². The Morgan fingerprint density at radius 2 is 2.11 bits per heavy atom. The monoisotopic (exact) mass is 396 g/mol. The summed E-state index contributed by atoms with van der Waals surface area (Å²) in [5.41, 5.74) is 1.20. The molecule has 0 aliphatic heterocycles. The van der Waals surface area contributed by atoms with Crippen LogP contribution >= 0.6 is 0 Å². The van der Waals surface area contributed by atoms with E-state index in [1.807, 2.05) is 12.3 Å². The van der Waals surface area contributed by atoms with Crippen LogP contribution in [0.3, 0.4) is 0 Å². The van der Waals surface area contributed by atoms with E-state index in [-0.39, 0.29) is 11.9 Å². The molecule has 8 heteroatoms. The smallest absolute Gasteiger partial charge is 0.279 e. The van der Waals surface area contributed by atoms with Crippen LogP contribution in [0.2, 0.25) is 0 Å². The predicted molar refractivity (Wildman–Crippen MR) is 106 cm³/mol. The molecule has 0 aromatic carbocycles. The molecule has 7 nitrogen and oxygen atoms in total. The summed E-state index contributed by atoms with van der Waals surface area (Å²) in [6.07, 6.45) is 10.6. The Morgan fingerprint density at radius 3 is 2.81 bits per heavy atom. The summed E-state index contributed by atoms with van der Waals surface area (Å²) in [5, 5.41) is 3.02. The molecule has 2 N–H and O–H groups in total. The van der Waals surface area contributed by atoms with Gasteiger partial charge in [0.25, 0.3) is 10.2 Å². The van der Waals surface area contributed by atoms with E-state index in [4.69, 9.17) is 0 Å². The van der Waals surface area contributed by atoms with Crippen molar-refractivity contribution < 1.29 is 13.2 Å². The molecule has 0 spiro atoms. The van der Waals surface area contributed by atoms with Gasteiger partial charge in [-0.15, -0.1) is 0 Å². The minimum atomic E-state index is -3.40. The largest absolute Gasteiger partial charge is 0.356 e. The van der Waals surface area contributed by atoms with Gasteiger partial charge in [0.15, 0.2) is 0 Å². The number of nitrogens with one attached hydrogen (secondary N) is 2. The van der Waals surface area contributed by atoms with Crippen molar-refractivity contribution in [2.45, 2.75) is 57.4 Å². The molecule has 1 aliphatic carbocycles. The lowest BCUT2D eigenvalue weighted by Crippen LogP contribution is -2.45. The maximum absolute atomic E-state index is 12.1. The van der Waals surface area contributed by atoms with Gasteiger partial charge in [0.1, 0.15) is 0 Å². The summed E-state index contributed by atoms with van der Waals surface area (Å²) in [6.45, 7) is 0.627. The van der Waals surface area contributed by atoms with Gasteiger partial charge in [-0.25, -0.2) is 0 Å².